The van der Waals surface area contributed by atoms with Gasteiger partial charge in [-0.25, -0.2) is 4.89 Å². The van der Waals surface area contributed by atoms with Crippen LogP contribution in [0.1, 0.15) is 144 Å². The predicted octanol–water partition coefficient (Wildman–Crippen LogP) is 10.8. The lowest BCUT2D eigenvalue weighted by Crippen LogP contribution is -2.56. The minimum Gasteiger partial charge on any atom is -0.465 e. The van der Waals surface area contributed by atoms with Crippen LogP contribution in [0.25, 0.3) is 0 Å². The second-order valence-electron chi connectivity index (χ2n) is 19.3. The summed E-state index contributed by atoms with van der Waals surface area (Å²) in [6.07, 6.45) is 24.0. The van der Waals surface area contributed by atoms with Crippen LogP contribution in [-0.4, -0.2) is 35.1 Å². The molecule has 0 aliphatic heterocycles. The van der Waals surface area contributed by atoms with Gasteiger partial charge in [0.1, 0.15) is 6.10 Å². The summed E-state index contributed by atoms with van der Waals surface area (Å²) in [6, 6.07) is 0. The van der Waals surface area contributed by atoms with Crippen LogP contribution >= 0.6 is 0 Å². The van der Waals surface area contributed by atoms with E-state index in [0.717, 1.165) is 64.2 Å². The predicted molar refractivity (Wildman–Crippen MR) is 198 cm³/mol. The van der Waals surface area contributed by atoms with E-state index in [-0.39, 0.29) is 39.7 Å². The standard InChI is InChI=1S/C44H68O5/c1-9-39(3)24-17-33-30(28-39)13-15-35-41(33,5)20-11-22-43(35,7)37(49-47)27-32(45)19-26-48-38(46)44(8)23-12-21-42(6)34-18-25-40(4,10-2)29-31(34)14-16-36(42)44/h9-10,28-29,32-37,45,47H,1-2,11-27H2,3-8H3. The van der Waals surface area contributed by atoms with Crippen molar-refractivity contribution in [3.63, 3.8) is 0 Å². The first kappa shape index (κ1) is 37.1. The average molecular weight is 677 g/mol. The molecular weight excluding hydrogens is 608 g/mol. The summed E-state index contributed by atoms with van der Waals surface area (Å²) < 4.78 is 6.07. The Bertz CT molecular complexity index is 1350. The van der Waals surface area contributed by atoms with Crippen molar-refractivity contribution in [2.45, 2.75) is 156 Å². The molecule has 0 radical (unpaired) electrons. The monoisotopic (exact) mass is 677 g/mol. The van der Waals surface area contributed by atoms with Gasteiger partial charge in [0.15, 0.2) is 0 Å². The molecule has 0 bridgehead atoms. The van der Waals surface area contributed by atoms with Gasteiger partial charge < -0.3 is 9.84 Å². The third-order valence-corrected chi connectivity index (χ3v) is 16.3. The number of aliphatic hydroxyl groups excluding tert-OH is 1. The van der Waals surface area contributed by atoms with Gasteiger partial charge in [-0.1, -0.05) is 82.9 Å². The summed E-state index contributed by atoms with van der Waals surface area (Å²) in [4.78, 5) is 19.3. The Balaban J connectivity index is 1.08. The van der Waals surface area contributed by atoms with E-state index in [9.17, 15) is 15.2 Å². The lowest BCUT2D eigenvalue weighted by Gasteiger charge is -2.61. The Hall–Kier alpha value is -1.69. The number of ether oxygens (including phenoxy) is 1. The molecule has 4 fully saturated rings. The third-order valence-electron chi connectivity index (χ3n) is 16.3. The molecule has 274 valence electrons. The highest BCUT2D eigenvalue weighted by Crippen LogP contribution is 2.66. The van der Waals surface area contributed by atoms with Crippen molar-refractivity contribution in [1.29, 1.82) is 0 Å². The smallest absolute Gasteiger partial charge is 0.312 e. The maximum Gasteiger partial charge on any atom is 0.312 e. The van der Waals surface area contributed by atoms with Crippen LogP contribution in [0.15, 0.2) is 48.6 Å². The zero-order valence-electron chi connectivity index (χ0n) is 31.8. The van der Waals surface area contributed by atoms with Crippen LogP contribution in [0.2, 0.25) is 0 Å². The molecule has 5 heteroatoms. The third kappa shape index (κ3) is 6.28. The number of hydrogen-bond acceptors (Lipinski definition) is 5. The molecule has 0 spiro atoms. The fourth-order valence-electron chi connectivity index (χ4n) is 13.3. The number of esters is 1. The molecular formula is C44H68O5. The summed E-state index contributed by atoms with van der Waals surface area (Å²) in [6.45, 7) is 22.4. The Morgan fingerprint density at radius 2 is 1.35 bits per heavy atom. The molecule has 6 aliphatic carbocycles. The highest BCUT2D eigenvalue weighted by Gasteiger charge is 2.60. The maximum absolute atomic E-state index is 13.9. The number of carbonyl (C=O) groups is 1. The van der Waals surface area contributed by atoms with Gasteiger partial charge in [0.2, 0.25) is 0 Å². The first-order valence-corrected chi connectivity index (χ1v) is 20.0. The normalized spacial score (nSPS) is 46.0. The van der Waals surface area contributed by atoms with Gasteiger partial charge in [-0.2, -0.15) is 0 Å². The van der Waals surface area contributed by atoms with Crippen LogP contribution in [0, 0.1) is 56.2 Å². The van der Waals surface area contributed by atoms with Gasteiger partial charge in [0.25, 0.3) is 0 Å². The average Bonchev–Trinajstić information content (AvgIpc) is 3.06. The summed E-state index contributed by atoms with van der Waals surface area (Å²) in [7, 11) is 0. The molecule has 0 heterocycles. The van der Waals surface area contributed by atoms with E-state index in [1.807, 2.05) is 0 Å². The molecule has 5 nitrogen and oxygen atoms in total. The molecule has 12 unspecified atom stereocenters. The summed E-state index contributed by atoms with van der Waals surface area (Å²) in [5, 5.41) is 21.7. The molecule has 0 aromatic rings. The highest BCUT2D eigenvalue weighted by molar-refractivity contribution is 5.77. The van der Waals surface area contributed by atoms with E-state index >= 15 is 0 Å². The number of aliphatic hydroxyl groups is 1. The first-order chi connectivity index (χ1) is 23.1. The zero-order valence-corrected chi connectivity index (χ0v) is 31.8. The van der Waals surface area contributed by atoms with Gasteiger partial charge in [-0.15, -0.1) is 13.2 Å². The van der Waals surface area contributed by atoms with Gasteiger partial charge in [-0.3, -0.25) is 10.1 Å². The van der Waals surface area contributed by atoms with Crippen molar-refractivity contribution in [1.82, 2.24) is 0 Å². The number of fused-ring (bicyclic) bond motifs is 6. The number of carbonyl (C=O) groups excluding carboxylic acids is 1. The Labute approximate surface area is 298 Å². The van der Waals surface area contributed by atoms with E-state index in [4.69, 9.17) is 9.62 Å². The quantitative estimate of drug-likeness (QED) is 0.104. The van der Waals surface area contributed by atoms with Crippen molar-refractivity contribution in [2.75, 3.05) is 6.61 Å². The van der Waals surface area contributed by atoms with Gasteiger partial charge in [0.05, 0.1) is 18.1 Å². The number of hydrogen-bond donors (Lipinski definition) is 2. The molecule has 0 amide bonds. The van der Waals surface area contributed by atoms with Crippen molar-refractivity contribution in [3.05, 3.63) is 48.6 Å². The molecule has 49 heavy (non-hydrogen) atoms. The van der Waals surface area contributed by atoms with E-state index < -0.39 is 17.6 Å². The number of allylic oxidation sites excluding steroid dienone is 6. The molecule has 6 rings (SSSR count). The zero-order chi connectivity index (χ0) is 35.5. The molecule has 0 saturated heterocycles. The van der Waals surface area contributed by atoms with Crippen molar-refractivity contribution < 1.29 is 24.8 Å². The molecule has 0 aromatic carbocycles. The van der Waals surface area contributed by atoms with Crippen LogP contribution in [-0.2, 0) is 14.4 Å². The number of rotatable bonds is 10. The second kappa shape index (κ2) is 13.4. The second-order valence-corrected chi connectivity index (χ2v) is 19.3. The molecule has 4 saturated carbocycles. The largest absolute Gasteiger partial charge is 0.465 e. The lowest BCUT2D eigenvalue weighted by atomic mass is 9.44. The van der Waals surface area contributed by atoms with Gasteiger partial charge in [0, 0.05) is 29.1 Å². The van der Waals surface area contributed by atoms with E-state index in [1.165, 1.54) is 25.7 Å². The summed E-state index contributed by atoms with van der Waals surface area (Å²) in [5.74, 6) is 1.71. The molecule has 12 atom stereocenters. The minimum absolute atomic E-state index is 0.0850. The van der Waals surface area contributed by atoms with E-state index in [2.05, 4.69) is 79.0 Å². The van der Waals surface area contributed by atoms with Gasteiger partial charge in [-0.05, 0) is 118 Å². The minimum atomic E-state index is -0.717. The van der Waals surface area contributed by atoms with Crippen LogP contribution in [0.4, 0.5) is 0 Å². The van der Waals surface area contributed by atoms with Crippen LogP contribution in [0.3, 0.4) is 0 Å². The molecule has 0 aromatic heterocycles. The van der Waals surface area contributed by atoms with Crippen molar-refractivity contribution >= 4 is 5.97 Å². The topological polar surface area (TPSA) is 76.0 Å². The molecule has 2 N–H and O–H groups in total. The Kier molecular flexibility index (Phi) is 10.1. The fourth-order valence-corrected chi connectivity index (χ4v) is 13.3. The lowest BCUT2D eigenvalue weighted by molar-refractivity contribution is -0.323. The van der Waals surface area contributed by atoms with Crippen molar-refractivity contribution in [2.24, 2.45) is 56.2 Å². The van der Waals surface area contributed by atoms with Gasteiger partial charge >= 0.3 is 5.97 Å². The van der Waals surface area contributed by atoms with E-state index in [0.29, 0.717) is 36.5 Å². The summed E-state index contributed by atoms with van der Waals surface area (Å²) in [5.41, 5.74) is 2.88. The SMILES string of the molecule is C=CC1(C)C=C2CCC3C(C)(C(=O)OCCC(O)CC(OO)C4(C)CCCC5(C)C6CCC(C)(C=C)C=C6CCC45)CCCC3(C)C2CC1. The molecule has 6 aliphatic rings. The highest BCUT2D eigenvalue weighted by atomic mass is 17.1. The Morgan fingerprint density at radius 3 is 1.90 bits per heavy atom. The van der Waals surface area contributed by atoms with Crippen molar-refractivity contribution in [3.8, 4) is 0 Å². The summed E-state index contributed by atoms with van der Waals surface area (Å²) >= 11 is 0. The fraction of sp³-hybridized carbons (Fsp3) is 0.795. The Morgan fingerprint density at radius 1 is 0.816 bits per heavy atom. The van der Waals surface area contributed by atoms with E-state index in [1.54, 1.807) is 11.1 Å². The maximum atomic E-state index is 13.9. The van der Waals surface area contributed by atoms with Crippen LogP contribution < -0.4 is 0 Å². The first-order valence-electron chi connectivity index (χ1n) is 20.0. The van der Waals surface area contributed by atoms with Crippen LogP contribution in [0.5, 0.6) is 0 Å².